The van der Waals surface area contributed by atoms with E-state index in [1.807, 2.05) is 25.3 Å². The maximum absolute atomic E-state index is 11.7. The molecule has 1 N–H and O–H groups in total. The molecule has 0 radical (unpaired) electrons. The molecule has 6 rings (SSSR count). The van der Waals surface area contributed by atoms with Crippen molar-refractivity contribution in [3.8, 4) is 5.75 Å². The van der Waals surface area contributed by atoms with Crippen LogP contribution >= 0.6 is 0 Å². The molecule has 7 heteroatoms. The van der Waals surface area contributed by atoms with Gasteiger partial charge in [-0.1, -0.05) is 18.7 Å². The van der Waals surface area contributed by atoms with E-state index >= 15 is 0 Å². The second-order valence-electron chi connectivity index (χ2n) is 13.7. The first-order valence-corrected chi connectivity index (χ1v) is 15.0. The summed E-state index contributed by atoms with van der Waals surface area (Å²) < 4.78 is 24.0. The lowest BCUT2D eigenvalue weighted by atomic mass is 9.63. The number of benzene rings is 1. The van der Waals surface area contributed by atoms with E-state index < -0.39 is 0 Å². The van der Waals surface area contributed by atoms with Crippen molar-refractivity contribution in [1.29, 1.82) is 0 Å². The summed E-state index contributed by atoms with van der Waals surface area (Å²) in [5.74, 6) is 3.80. The number of hydrogen-bond acceptors (Lipinski definition) is 7. The van der Waals surface area contributed by atoms with Crippen LogP contribution < -0.4 is 15.7 Å². The summed E-state index contributed by atoms with van der Waals surface area (Å²) in [5.41, 5.74) is 2.16. The Morgan fingerprint density at radius 3 is 2.68 bits per heavy atom. The van der Waals surface area contributed by atoms with Gasteiger partial charge in [0.05, 0.1) is 30.1 Å². The Labute approximate surface area is 243 Å². The van der Waals surface area contributed by atoms with Crippen LogP contribution in [0, 0.1) is 30.1 Å². The maximum atomic E-state index is 11.7. The van der Waals surface area contributed by atoms with Gasteiger partial charge in [0.2, 0.25) is 0 Å². The number of allylic oxidation sites excluding steroid dienone is 2. The minimum atomic E-state index is -0.359. The summed E-state index contributed by atoms with van der Waals surface area (Å²) >= 11 is 0. The molecule has 220 valence electrons. The molecule has 0 bridgehead atoms. The molecule has 2 saturated carbocycles. The van der Waals surface area contributed by atoms with Crippen molar-refractivity contribution in [3.63, 3.8) is 0 Å². The van der Waals surface area contributed by atoms with E-state index in [-0.39, 0.29) is 16.8 Å². The highest BCUT2D eigenvalue weighted by Crippen LogP contribution is 2.75. The number of nitrogens with zero attached hydrogens (tertiary/aromatic N) is 1. The van der Waals surface area contributed by atoms with Gasteiger partial charge < -0.3 is 28.8 Å². The fourth-order valence-electron chi connectivity index (χ4n) is 6.88. The smallest absolute Gasteiger partial charge is 0.336 e. The van der Waals surface area contributed by atoms with Crippen LogP contribution in [0.1, 0.15) is 58.9 Å². The van der Waals surface area contributed by atoms with Crippen molar-refractivity contribution < 1.29 is 18.6 Å². The lowest BCUT2D eigenvalue weighted by Crippen LogP contribution is -2.41. The molecular formula is C34H44N2O5. The number of ether oxygens (including phenoxy) is 3. The van der Waals surface area contributed by atoms with Crippen molar-refractivity contribution >= 4 is 11.0 Å². The van der Waals surface area contributed by atoms with Gasteiger partial charge in [-0.3, -0.25) is 0 Å². The monoisotopic (exact) mass is 560 g/mol. The lowest BCUT2D eigenvalue weighted by molar-refractivity contribution is -0.102. The first-order valence-electron chi connectivity index (χ1n) is 15.0. The number of rotatable bonds is 13. The third-order valence-electron chi connectivity index (χ3n) is 9.66. The van der Waals surface area contributed by atoms with Crippen LogP contribution in [0.4, 0.5) is 0 Å². The topological polar surface area (TPSA) is 73.2 Å². The lowest BCUT2D eigenvalue weighted by Gasteiger charge is -2.44. The van der Waals surface area contributed by atoms with Crippen LogP contribution in [0.25, 0.3) is 11.0 Å². The fourth-order valence-corrected chi connectivity index (χ4v) is 6.88. The normalized spacial score (nSPS) is 26.5. The molecule has 1 aliphatic heterocycles. The molecule has 7 nitrogen and oxygen atoms in total. The molecule has 4 unspecified atom stereocenters. The molecule has 1 spiro atoms. The molecule has 1 aromatic heterocycles. The van der Waals surface area contributed by atoms with Crippen molar-refractivity contribution in [2.45, 2.75) is 71.5 Å². The molecule has 4 aliphatic rings. The van der Waals surface area contributed by atoms with Gasteiger partial charge in [-0.2, -0.15) is 0 Å². The highest BCUT2D eigenvalue weighted by molar-refractivity contribution is 5.81. The van der Waals surface area contributed by atoms with E-state index in [1.165, 1.54) is 18.9 Å². The summed E-state index contributed by atoms with van der Waals surface area (Å²) in [7, 11) is 0. The van der Waals surface area contributed by atoms with Gasteiger partial charge in [0.25, 0.3) is 0 Å². The Hall–Kier alpha value is -3.03. The Bertz CT molecular complexity index is 1450. The summed E-state index contributed by atoms with van der Waals surface area (Å²) in [6.45, 7) is 17.4. The number of fused-ring (bicyclic) bond motifs is 1. The van der Waals surface area contributed by atoms with E-state index in [9.17, 15) is 4.79 Å². The Kier molecular flexibility index (Phi) is 7.10. The molecule has 3 aliphatic carbocycles. The molecule has 2 aromatic rings. The highest BCUT2D eigenvalue weighted by atomic mass is 16.5. The van der Waals surface area contributed by atoms with E-state index in [2.05, 4.69) is 56.6 Å². The van der Waals surface area contributed by atoms with Gasteiger partial charge in [-0.25, -0.2) is 4.79 Å². The van der Waals surface area contributed by atoms with Crippen molar-refractivity contribution in [2.24, 2.45) is 23.2 Å². The molecule has 1 aromatic carbocycles. The zero-order chi connectivity index (χ0) is 29.0. The average molecular weight is 561 g/mol. The second-order valence-corrected chi connectivity index (χ2v) is 13.7. The van der Waals surface area contributed by atoms with Gasteiger partial charge >= 0.3 is 5.63 Å². The van der Waals surface area contributed by atoms with E-state index in [4.69, 9.17) is 18.6 Å². The van der Waals surface area contributed by atoms with Crippen LogP contribution in [0.2, 0.25) is 0 Å². The van der Waals surface area contributed by atoms with Gasteiger partial charge in [-0.15, -0.1) is 0 Å². The van der Waals surface area contributed by atoms with Crippen LogP contribution in [0.5, 0.6) is 5.75 Å². The number of nitrogens with one attached hydrogen (secondary N) is 1. The van der Waals surface area contributed by atoms with Crippen molar-refractivity contribution in [3.05, 3.63) is 76.7 Å². The largest absolute Gasteiger partial charge is 0.487 e. The Morgan fingerprint density at radius 1 is 1.10 bits per heavy atom. The summed E-state index contributed by atoms with van der Waals surface area (Å²) in [4.78, 5) is 13.8. The summed E-state index contributed by atoms with van der Waals surface area (Å²) in [6.07, 6.45) is 11.4. The summed E-state index contributed by atoms with van der Waals surface area (Å²) in [5, 5.41) is 4.22. The third kappa shape index (κ3) is 5.84. The zero-order valence-electron chi connectivity index (χ0n) is 25.1. The van der Waals surface area contributed by atoms with Crippen LogP contribution in [-0.4, -0.2) is 42.5 Å². The minimum absolute atomic E-state index is 0.190. The SMILES string of the molecule is C=C1NC(COc2ccc3c(C)cc(=O)oc3c2)=CN1CCC(C)(C)OCCC(C)(C)OCC1CC23CC2C=CC13. The minimum Gasteiger partial charge on any atom is -0.487 e. The van der Waals surface area contributed by atoms with Crippen LogP contribution in [0.3, 0.4) is 0 Å². The predicted octanol–water partition coefficient (Wildman–Crippen LogP) is 6.28. The number of aryl methyl sites for hydroxylation is 1. The van der Waals surface area contributed by atoms with Gasteiger partial charge in [0.15, 0.2) is 0 Å². The maximum Gasteiger partial charge on any atom is 0.336 e. The predicted molar refractivity (Wildman–Crippen MR) is 160 cm³/mol. The van der Waals surface area contributed by atoms with Gasteiger partial charge in [0, 0.05) is 30.3 Å². The summed E-state index contributed by atoms with van der Waals surface area (Å²) in [6, 6.07) is 7.06. The molecule has 2 fully saturated rings. The van der Waals surface area contributed by atoms with Crippen LogP contribution in [0.15, 0.2) is 69.9 Å². The van der Waals surface area contributed by atoms with Crippen LogP contribution in [-0.2, 0) is 9.47 Å². The highest BCUT2D eigenvalue weighted by Gasteiger charge is 2.68. The standard InChI is InChI=1S/C34H44N2O5/c1-22-15-31(37)41-30-16-27(8-9-28(22)30)38-21-26-19-36(23(2)35-26)13-11-32(3,4)39-14-12-33(5,6)40-20-24-17-34-18-25(34)7-10-29(24)34/h7-10,15-16,19,24-25,29,35H,2,11-14,17-18,20-21H2,1,3-6H3. The first-order chi connectivity index (χ1) is 19.4. The van der Waals surface area contributed by atoms with E-state index in [0.29, 0.717) is 35.9 Å². The second kappa shape index (κ2) is 10.4. The Morgan fingerprint density at radius 2 is 1.90 bits per heavy atom. The average Bonchev–Trinajstić information content (AvgIpc) is 3.41. The molecule has 4 atom stereocenters. The molecule has 2 heterocycles. The Balaban J connectivity index is 0.924. The number of hydrogen-bond donors (Lipinski definition) is 1. The van der Waals surface area contributed by atoms with Crippen molar-refractivity contribution in [2.75, 3.05) is 26.4 Å². The first kappa shape index (κ1) is 28.1. The zero-order valence-corrected chi connectivity index (χ0v) is 25.1. The van der Waals surface area contributed by atoms with Gasteiger partial charge in [0.1, 0.15) is 23.8 Å². The third-order valence-corrected chi connectivity index (χ3v) is 9.66. The van der Waals surface area contributed by atoms with Gasteiger partial charge in [-0.05, 0) is 101 Å². The molecule has 0 saturated heterocycles. The fraction of sp³-hybridized carbons (Fsp3) is 0.559. The van der Waals surface area contributed by atoms with E-state index in [1.54, 1.807) is 6.07 Å². The molecule has 0 amide bonds. The van der Waals surface area contributed by atoms with Crippen molar-refractivity contribution in [1.82, 2.24) is 10.2 Å². The molecular weight excluding hydrogens is 516 g/mol. The van der Waals surface area contributed by atoms with E-state index in [0.717, 1.165) is 60.3 Å². The molecule has 41 heavy (non-hydrogen) atoms. The quantitative estimate of drug-likeness (QED) is 0.228.